The maximum atomic E-state index is 12.8. The van der Waals surface area contributed by atoms with E-state index in [2.05, 4.69) is 32.3 Å². The number of carbonyl (C=O) groups excluding carboxylic acids is 1. The molecule has 1 aromatic rings. The summed E-state index contributed by atoms with van der Waals surface area (Å²) < 4.78 is 0. The third-order valence-corrected chi connectivity index (χ3v) is 8.16. The summed E-state index contributed by atoms with van der Waals surface area (Å²) in [6, 6.07) is 0. The number of hydrogen-bond acceptors (Lipinski definition) is 5. The van der Waals surface area contributed by atoms with E-state index in [-0.39, 0.29) is 35.0 Å². The lowest BCUT2D eigenvalue weighted by Crippen LogP contribution is -2.53. The molecule has 6 heteroatoms. The molecular weight excluding hydrogens is 382 g/mol. The average Bonchev–Trinajstić information content (AvgIpc) is 3.08. The highest BCUT2D eigenvalue weighted by molar-refractivity contribution is 7.15. The minimum Gasteiger partial charge on any atom is -0.392 e. The lowest BCUT2D eigenvalue weighted by Gasteiger charge is -2.53. The molecule has 2 N–H and O–H groups in total. The third kappa shape index (κ3) is 4.02. The molecule has 2 aliphatic rings. The first-order valence-corrected chi connectivity index (χ1v) is 11.4. The number of anilines is 1. The number of nitrogens with zero attached hydrogens (tertiary/aromatic N) is 2. The topological polar surface area (TPSA) is 65.5 Å². The Morgan fingerprint density at radius 3 is 2.86 bits per heavy atom. The van der Waals surface area contributed by atoms with Crippen LogP contribution in [-0.2, 0) is 11.2 Å². The molecule has 160 valence electrons. The molecule has 6 atom stereocenters. The molecule has 0 saturated heterocycles. The number of nitrogens with one attached hydrogen (secondary N) is 1. The zero-order valence-corrected chi connectivity index (χ0v) is 19.0. The molecule has 1 fully saturated rings. The van der Waals surface area contributed by atoms with E-state index < -0.39 is 6.10 Å². The van der Waals surface area contributed by atoms with Gasteiger partial charge in [-0.15, -0.1) is 24.5 Å². The molecular formula is C23H35N3O2S. The lowest BCUT2D eigenvalue weighted by molar-refractivity contribution is -0.143. The van der Waals surface area contributed by atoms with Crippen molar-refractivity contribution in [3.8, 4) is 0 Å². The highest BCUT2D eigenvalue weighted by Crippen LogP contribution is 2.57. The lowest BCUT2D eigenvalue weighted by atomic mass is 9.53. The Balaban J connectivity index is 1.84. The van der Waals surface area contributed by atoms with Crippen molar-refractivity contribution in [3.63, 3.8) is 0 Å². The van der Waals surface area contributed by atoms with Crippen LogP contribution in [0.2, 0.25) is 0 Å². The van der Waals surface area contributed by atoms with Gasteiger partial charge in [0.05, 0.1) is 11.8 Å². The van der Waals surface area contributed by atoms with Crippen LogP contribution in [0.3, 0.4) is 0 Å². The minimum absolute atomic E-state index is 0.0196. The van der Waals surface area contributed by atoms with Gasteiger partial charge in [-0.1, -0.05) is 32.9 Å². The van der Waals surface area contributed by atoms with Gasteiger partial charge in [0.15, 0.2) is 5.13 Å². The van der Waals surface area contributed by atoms with E-state index in [9.17, 15) is 9.90 Å². The highest BCUT2D eigenvalue weighted by atomic mass is 32.1. The number of aliphatic hydroxyl groups is 1. The number of thiazole rings is 1. The van der Waals surface area contributed by atoms with Crippen LogP contribution < -0.4 is 5.32 Å². The van der Waals surface area contributed by atoms with E-state index >= 15 is 0 Å². The minimum atomic E-state index is -0.501. The Bertz CT molecular complexity index is 776. The smallest absolute Gasteiger partial charge is 0.225 e. The SMILES string of the molecule is C=CCNc1nc2c(s1)C[C@@]1(C)CC[C@H]([C@H](C)C(=O)N(C)CC=C)[C@H](O)[C@H]1[C@H]2C. The molecule has 3 rings (SSSR count). The fraction of sp³-hybridized carbons (Fsp3) is 0.652. The van der Waals surface area contributed by atoms with Crippen molar-refractivity contribution in [1.82, 2.24) is 9.88 Å². The van der Waals surface area contributed by atoms with Crippen LogP contribution in [0.15, 0.2) is 25.3 Å². The van der Waals surface area contributed by atoms with E-state index in [0.29, 0.717) is 13.1 Å². The van der Waals surface area contributed by atoms with Gasteiger partial charge in [0.25, 0.3) is 0 Å². The van der Waals surface area contributed by atoms with E-state index in [1.165, 1.54) is 4.88 Å². The molecule has 1 heterocycles. The first-order chi connectivity index (χ1) is 13.7. The van der Waals surface area contributed by atoms with Gasteiger partial charge in [-0.25, -0.2) is 4.98 Å². The van der Waals surface area contributed by atoms with Crippen LogP contribution >= 0.6 is 11.3 Å². The maximum absolute atomic E-state index is 12.8. The molecule has 0 spiro atoms. The van der Waals surface area contributed by atoms with Gasteiger partial charge in [-0.2, -0.15) is 0 Å². The maximum Gasteiger partial charge on any atom is 0.225 e. The first-order valence-electron chi connectivity index (χ1n) is 10.6. The summed E-state index contributed by atoms with van der Waals surface area (Å²) in [7, 11) is 1.81. The molecule has 0 unspecified atom stereocenters. The number of carbonyl (C=O) groups is 1. The van der Waals surface area contributed by atoms with Crippen molar-refractivity contribution in [3.05, 3.63) is 35.9 Å². The highest BCUT2D eigenvalue weighted by Gasteiger charge is 2.54. The van der Waals surface area contributed by atoms with Crippen LogP contribution in [0.5, 0.6) is 0 Å². The van der Waals surface area contributed by atoms with E-state index in [0.717, 1.165) is 30.1 Å². The Hall–Kier alpha value is -1.66. The van der Waals surface area contributed by atoms with Gasteiger partial charge in [-0.3, -0.25) is 4.79 Å². The van der Waals surface area contributed by atoms with Gasteiger partial charge < -0.3 is 15.3 Å². The fourth-order valence-corrected chi connectivity index (χ4v) is 6.87. The quantitative estimate of drug-likeness (QED) is 0.656. The van der Waals surface area contributed by atoms with Gasteiger partial charge >= 0.3 is 0 Å². The number of fused-ring (bicyclic) bond motifs is 2. The van der Waals surface area contributed by atoms with Crippen molar-refractivity contribution >= 4 is 22.4 Å². The van der Waals surface area contributed by atoms with Crippen LogP contribution in [-0.4, -0.2) is 47.1 Å². The monoisotopic (exact) mass is 417 g/mol. The number of aromatic nitrogens is 1. The third-order valence-electron chi connectivity index (χ3n) is 7.13. The van der Waals surface area contributed by atoms with E-state index in [4.69, 9.17) is 4.98 Å². The Morgan fingerprint density at radius 2 is 2.21 bits per heavy atom. The largest absolute Gasteiger partial charge is 0.392 e. The Morgan fingerprint density at radius 1 is 1.48 bits per heavy atom. The van der Waals surface area contributed by atoms with Crippen LogP contribution in [0, 0.1) is 23.2 Å². The zero-order chi connectivity index (χ0) is 21.3. The van der Waals surface area contributed by atoms with E-state index in [1.807, 2.05) is 20.0 Å². The number of amides is 1. The van der Waals surface area contributed by atoms with Crippen molar-refractivity contribution in [2.75, 3.05) is 25.5 Å². The van der Waals surface area contributed by atoms with Gasteiger partial charge in [0, 0.05) is 36.9 Å². The normalized spacial score (nSPS) is 31.9. The molecule has 5 nitrogen and oxygen atoms in total. The van der Waals surface area contributed by atoms with Crippen LogP contribution in [0.25, 0.3) is 0 Å². The summed E-state index contributed by atoms with van der Waals surface area (Å²) in [6.07, 6.45) is 5.93. The molecule has 2 aliphatic carbocycles. The second-order valence-corrected chi connectivity index (χ2v) is 10.2. The summed E-state index contributed by atoms with van der Waals surface area (Å²) in [5, 5.41) is 15.7. The van der Waals surface area contributed by atoms with Gasteiger partial charge in [0.2, 0.25) is 5.91 Å². The van der Waals surface area contributed by atoms with Gasteiger partial charge in [-0.05, 0) is 36.5 Å². The first kappa shape index (κ1) is 22.0. The van der Waals surface area contributed by atoms with E-state index in [1.54, 1.807) is 22.3 Å². The summed E-state index contributed by atoms with van der Waals surface area (Å²) in [4.78, 5) is 20.7. The number of rotatable bonds is 7. The molecule has 29 heavy (non-hydrogen) atoms. The molecule has 0 aromatic carbocycles. The molecule has 0 aliphatic heterocycles. The van der Waals surface area contributed by atoms with Crippen molar-refractivity contribution < 1.29 is 9.90 Å². The van der Waals surface area contributed by atoms with Gasteiger partial charge in [0.1, 0.15) is 0 Å². The Labute approximate surface area is 178 Å². The van der Waals surface area contributed by atoms with Crippen molar-refractivity contribution in [2.45, 2.75) is 52.1 Å². The summed E-state index contributed by atoms with van der Waals surface area (Å²) >= 11 is 1.73. The predicted octanol–water partition coefficient (Wildman–Crippen LogP) is 4.07. The Kier molecular flexibility index (Phi) is 6.54. The van der Waals surface area contributed by atoms with Crippen molar-refractivity contribution in [1.29, 1.82) is 0 Å². The summed E-state index contributed by atoms with van der Waals surface area (Å²) in [5.74, 6) is 0.154. The molecule has 0 bridgehead atoms. The van der Waals surface area contributed by atoms with Crippen LogP contribution in [0.1, 0.15) is 50.1 Å². The predicted molar refractivity (Wildman–Crippen MR) is 120 cm³/mol. The standard InChI is InChI=1S/C23H35N3O2S/c1-7-11-24-22-25-19-15(4)18-20(27)16(14(3)21(28)26(6)12-8-2)9-10-23(18,5)13-17(19)29-22/h7-8,14-16,18,20,27H,1-2,9-13H2,3-6H3,(H,24,25)/t14-,15+,16+,18+,20-,23+/m0/s1. The van der Waals surface area contributed by atoms with Crippen molar-refractivity contribution in [2.24, 2.45) is 23.2 Å². The molecule has 1 saturated carbocycles. The molecule has 1 amide bonds. The summed E-state index contributed by atoms with van der Waals surface area (Å²) in [5.41, 5.74) is 1.16. The number of aliphatic hydroxyl groups excluding tert-OH is 1. The fourth-order valence-electron chi connectivity index (χ4n) is 5.60. The average molecular weight is 418 g/mol. The summed E-state index contributed by atoms with van der Waals surface area (Å²) in [6.45, 7) is 15.2. The molecule has 0 radical (unpaired) electrons. The zero-order valence-electron chi connectivity index (χ0n) is 18.1. The number of likely N-dealkylation sites (N-methyl/N-ethyl adjacent to an activating group) is 1. The number of hydrogen-bond donors (Lipinski definition) is 2. The second-order valence-electron chi connectivity index (χ2n) is 9.13. The molecule has 1 aromatic heterocycles. The van der Waals surface area contributed by atoms with Crippen LogP contribution in [0.4, 0.5) is 5.13 Å². The second kappa shape index (κ2) is 8.60.